The van der Waals surface area contributed by atoms with E-state index in [2.05, 4.69) is 0 Å². The molecule has 1 fully saturated rings. The number of aliphatic hydroxyl groups excluding tert-OH is 1. The SMILES string of the molecule is O=C(CN1CCOC(CO)C1)c1ccc(O)c(O)c1. The van der Waals surface area contributed by atoms with Crippen molar-refractivity contribution < 1.29 is 24.9 Å². The summed E-state index contributed by atoms with van der Waals surface area (Å²) in [5, 5.41) is 27.6. The van der Waals surface area contributed by atoms with Crippen LogP contribution < -0.4 is 0 Å². The molecule has 0 radical (unpaired) electrons. The number of carbonyl (C=O) groups excluding carboxylic acids is 1. The molecular formula is C13H17NO5. The van der Waals surface area contributed by atoms with E-state index in [-0.39, 0.29) is 36.5 Å². The zero-order valence-electron chi connectivity index (χ0n) is 10.5. The Kier molecular flexibility index (Phi) is 4.36. The van der Waals surface area contributed by atoms with E-state index in [9.17, 15) is 15.0 Å². The maximum absolute atomic E-state index is 12.0. The standard InChI is InChI=1S/C13H17NO5/c15-8-10-6-14(3-4-19-10)7-13(18)9-1-2-11(16)12(17)5-9/h1-2,5,10,15-17H,3-4,6-8H2. The van der Waals surface area contributed by atoms with Crippen LogP contribution in [0.15, 0.2) is 18.2 Å². The first-order valence-corrected chi connectivity index (χ1v) is 6.10. The first-order valence-electron chi connectivity index (χ1n) is 6.10. The summed E-state index contributed by atoms with van der Waals surface area (Å²) in [5.74, 6) is -0.696. The highest BCUT2D eigenvalue weighted by Gasteiger charge is 2.22. The Morgan fingerprint density at radius 2 is 2.16 bits per heavy atom. The lowest BCUT2D eigenvalue weighted by atomic mass is 10.1. The molecule has 1 aliphatic heterocycles. The average Bonchev–Trinajstić information content (AvgIpc) is 2.42. The van der Waals surface area contributed by atoms with Gasteiger partial charge in [-0.15, -0.1) is 0 Å². The van der Waals surface area contributed by atoms with Crippen molar-refractivity contribution in [3.8, 4) is 11.5 Å². The van der Waals surface area contributed by atoms with Gasteiger partial charge in [0.05, 0.1) is 25.9 Å². The van der Waals surface area contributed by atoms with E-state index < -0.39 is 0 Å². The molecule has 1 unspecified atom stereocenters. The van der Waals surface area contributed by atoms with Crippen molar-refractivity contribution in [2.24, 2.45) is 0 Å². The topological polar surface area (TPSA) is 90.2 Å². The van der Waals surface area contributed by atoms with Gasteiger partial charge in [0.1, 0.15) is 0 Å². The second-order valence-electron chi connectivity index (χ2n) is 4.54. The van der Waals surface area contributed by atoms with Crippen LogP contribution in [0.5, 0.6) is 11.5 Å². The highest BCUT2D eigenvalue weighted by atomic mass is 16.5. The second kappa shape index (κ2) is 6.01. The smallest absolute Gasteiger partial charge is 0.176 e. The van der Waals surface area contributed by atoms with Crippen LogP contribution >= 0.6 is 0 Å². The minimum absolute atomic E-state index is 0.0648. The monoisotopic (exact) mass is 267 g/mol. The van der Waals surface area contributed by atoms with Crippen molar-refractivity contribution in [1.82, 2.24) is 4.90 Å². The molecule has 0 aromatic heterocycles. The molecule has 0 bridgehead atoms. The van der Waals surface area contributed by atoms with Crippen LogP contribution in [0.4, 0.5) is 0 Å². The van der Waals surface area contributed by atoms with Crippen LogP contribution in [0.3, 0.4) is 0 Å². The summed E-state index contributed by atoms with van der Waals surface area (Å²) in [6.45, 7) is 1.76. The minimum atomic E-state index is -0.305. The zero-order valence-corrected chi connectivity index (χ0v) is 10.5. The number of rotatable bonds is 4. The highest BCUT2D eigenvalue weighted by Crippen LogP contribution is 2.25. The van der Waals surface area contributed by atoms with Crippen LogP contribution in [0.2, 0.25) is 0 Å². The maximum Gasteiger partial charge on any atom is 0.176 e. The van der Waals surface area contributed by atoms with Crippen LogP contribution in [0.25, 0.3) is 0 Å². The van der Waals surface area contributed by atoms with E-state index in [1.807, 2.05) is 4.90 Å². The van der Waals surface area contributed by atoms with E-state index in [0.29, 0.717) is 25.3 Å². The molecule has 1 aromatic carbocycles. The van der Waals surface area contributed by atoms with Gasteiger partial charge in [0.2, 0.25) is 0 Å². The third kappa shape index (κ3) is 3.44. The third-order valence-corrected chi connectivity index (χ3v) is 3.09. The molecule has 2 rings (SSSR count). The van der Waals surface area contributed by atoms with Gasteiger partial charge < -0.3 is 20.1 Å². The Hall–Kier alpha value is -1.63. The molecular weight excluding hydrogens is 250 g/mol. The van der Waals surface area contributed by atoms with E-state index in [4.69, 9.17) is 9.84 Å². The van der Waals surface area contributed by atoms with Crippen LogP contribution in [0.1, 0.15) is 10.4 Å². The lowest BCUT2D eigenvalue weighted by Gasteiger charge is -2.31. The number of phenolic OH excluding ortho intramolecular Hbond substituents is 2. The number of carbonyl (C=O) groups is 1. The predicted octanol–water partition coefficient (Wildman–Crippen LogP) is -0.0264. The number of benzene rings is 1. The lowest BCUT2D eigenvalue weighted by molar-refractivity contribution is -0.0503. The molecule has 19 heavy (non-hydrogen) atoms. The van der Waals surface area contributed by atoms with Crippen LogP contribution in [-0.2, 0) is 4.74 Å². The zero-order chi connectivity index (χ0) is 13.8. The summed E-state index contributed by atoms with van der Waals surface area (Å²) in [6, 6.07) is 4.02. The fourth-order valence-electron chi connectivity index (χ4n) is 2.03. The molecule has 0 amide bonds. The fourth-order valence-corrected chi connectivity index (χ4v) is 2.03. The first-order chi connectivity index (χ1) is 9.10. The molecule has 0 spiro atoms. The summed E-state index contributed by atoms with van der Waals surface area (Å²) in [6.07, 6.45) is -0.255. The van der Waals surface area contributed by atoms with Gasteiger partial charge >= 0.3 is 0 Å². The molecule has 1 aromatic rings. The predicted molar refractivity (Wildman–Crippen MR) is 67.4 cm³/mol. The quantitative estimate of drug-likeness (QED) is 0.524. The van der Waals surface area contributed by atoms with Gasteiger partial charge in [-0.25, -0.2) is 0 Å². The number of ether oxygens (including phenoxy) is 1. The van der Waals surface area contributed by atoms with Crippen molar-refractivity contribution in [2.75, 3.05) is 32.8 Å². The van der Waals surface area contributed by atoms with Gasteiger partial charge in [0.15, 0.2) is 17.3 Å². The number of ketones is 1. The third-order valence-electron chi connectivity index (χ3n) is 3.09. The summed E-state index contributed by atoms with van der Waals surface area (Å²) < 4.78 is 5.30. The Bertz CT molecular complexity index is 462. The average molecular weight is 267 g/mol. The van der Waals surface area contributed by atoms with E-state index in [1.54, 1.807) is 0 Å². The molecule has 0 saturated carbocycles. The second-order valence-corrected chi connectivity index (χ2v) is 4.54. The van der Waals surface area contributed by atoms with Gasteiger partial charge in [-0.1, -0.05) is 0 Å². The number of nitrogens with zero attached hydrogens (tertiary/aromatic N) is 1. The number of hydrogen-bond donors (Lipinski definition) is 3. The Morgan fingerprint density at radius 1 is 1.37 bits per heavy atom. The fraction of sp³-hybridized carbons (Fsp3) is 0.462. The van der Waals surface area contributed by atoms with Crippen molar-refractivity contribution in [2.45, 2.75) is 6.10 Å². The molecule has 1 saturated heterocycles. The molecule has 104 valence electrons. The van der Waals surface area contributed by atoms with Gasteiger partial charge in [0.25, 0.3) is 0 Å². The van der Waals surface area contributed by atoms with E-state index in [0.717, 1.165) is 0 Å². The molecule has 1 atom stereocenters. The number of morpholine rings is 1. The van der Waals surface area contributed by atoms with Gasteiger partial charge in [-0.05, 0) is 18.2 Å². The number of Topliss-reactive ketones (excluding diaryl/α,β-unsaturated/α-hetero) is 1. The number of phenols is 2. The Balaban J connectivity index is 1.98. The molecule has 6 nitrogen and oxygen atoms in total. The van der Waals surface area contributed by atoms with Crippen molar-refractivity contribution in [3.63, 3.8) is 0 Å². The van der Waals surface area contributed by atoms with Gasteiger partial charge in [-0.2, -0.15) is 0 Å². The number of aromatic hydroxyl groups is 2. The van der Waals surface area contributed by atoms with Crippen molar-refractivity contribution in [1.29, 1.82) is 0 Å². The van der Waals surface area contributed by atoms with E-state index in [1.165, 1.54) is 18.2 Å². The molecule has 6 heteroatoms. The number of aliphatic hydroxyl groups is 1. The first kappa shape index (κ1) is 13.8. The van der Waals surface area contributed by atoms with Crippen molar-refractivity contribution >= 4 is 5.78 Å². The molecule has 1 heterocycles. The van der Waals surface area contributed by atoms with Crippen molar-refractivity contribution in [3.05, 3.63) is 23.8 Å². The van der Waals surface area contributed by atoms with Gasteiger partial charge in [-0.3, -0.25) is 9.69 Å². The number of hydrogen-bond acceptors (Lipinski definition) is 6. The Labute approximate surface area is 110 Å². The molecule has 0 aliphatic carbocycles. The Morgan fingerprint density at radius 3 is 2.84 bits per heavy atom. The van der Waals surface area contributed by atoms with Gasteiger partial charge in [0, 0.05) is 18.7 Å². The maximum atomic E-state index is 12.0. The van der Waals surface area contributed by atoms with Crippen LogP contribution in [-0.4, -0.2) is 65.0 Å². The summed E-state index contributed by atoms with van der Waals surface area (Å²) >= 11 is 0. The summed E-state index contributed by atoms with van der Waals surface area (Å²) in [7, 11) is 0. The minimum Gasteiger partial charge on any atom is -0.504 e. The summed E-state index contributed by atoms with van der Waals surface area (Å²) in [5.41, 5.74) is 0.349. The van der Waals surface area contributed by atoms with Crippen LogP contribution in [0, 0.1) is 0 Å². The van der Waals surface area contributed by atoms with E-state index >= 15 is 0 Å². The highest BCUT2D eigenvalue weighted by molar-refractivity contribution is 5.98. The largest absolute Gasteiger partial charge is 0.504 e. The molecule has 1 aliphatic rings. The summed E-state index contributed by atoms with van der Waals surface area (Å²) in [4.78, 5) is 13.9. The normalized spacial score (nSPS) is 20.4. The molecule has 3 N–H and O–H groups in total. The lowest BCUT2D eigenvalue weighted by Crippen LogP contribution is -2.45.